The molecule has 1 atom stereocenters. The topological polar surface area (TPSA) is 112 Å². The molecule has 2 heterocycles. The van der Waals surface area contributed by atoms with Crippen molar-refractivity contribution in [1.29, 1.82) is 0 Å². The minimum absolute atomic E-state index is 0.127. The monoisotopic (exact) mass is 242 g/mol. The number of nitrogens with zero attached hydrogens (tertiary/aromatic N) is 2. The summed E-state index contributed by atoms with van der Waals surface area (Å²) in [5, 5.41) is 7.61. The standard InChI is InChI=1S/C9H14N4O2S/c10-8-4-7(12-13-9(8)11)3-6-1-2-16(14,15)5-6/h4,6H,1-3,5H2,(H2,10,12)(H2,11,13). The highest BCUT2D eigenvalue weighted by Gasteiger charge is 2.28. The van der Waals surface area contributed by atoms with Crippen molar-refractivity contribution in [3.63, 3.8) is 0 Å². The SMILES string of the molecule is Nc1cc(CC2CCS(=O)(=O)C2)nnc1N. The van der Waals surface area contributed by atoms with E-state index in [2.05, 4.69) is 10.2 Å². The molecule has 1 aromatic rings. The summed E-state index contributed by atoms with van der Waals surface area (Å²) in [5.74, 6) is 0.847. The largest absolute Gasteiger partial charge is 0.396 e. The molecule has 16 heavy (non-hydrogen) atoms. The Balaban J connectivity index is 2.08. The van der Waals surface area contributed by atoms with E-state index in [-0.39, 0.29) is 23.2 Å². The molecular formula is C9H14N4O2S. The van der Waals surface area contributed by atoms with Gasteiger partial charge in [0.25, 0.3) is 0 Å². The number of sulfone groups is 1. The van der Waals surface area contributed by atoms with Crippen molar-refractivity contribution in [3.8, 4) is 0 Å². The number of nitrogen functional groups attached to an aromatic ring is 2. The second kappa shape index (κ2) is 3.89. The number of rotatable bonds is 2. The van der Waals surface area contributed by atoms with Gasteiger partial charge in [-0.25, -0.2) is 8.42 Å². The third-order valence-corrected chi connectivity index (χ3v) is 4.57. The van der Waals surface area contributed by atoms with Crippen LogP contribution in [0.25, 0.3) is 0 Å². The van der Waals surface area contributed by atoms with Gasteiger partial charge in [-0.2, -0.15) is 5.10 Å². The quantitative estimate of drug-likeness (QED) is 0.731. The average molecular weight is 242 g/mol. The number of hydrogen-bond donors (Lipinski definition) is 2. The second-order valence-corrected chi connectivity index (χ2v) is 6.38. The highest BCUT2D eigenvalue weighted by atomic mass is 32.2. The Kier molecular flexibility index (Phi) is 2.71. The normalized spacial score (nSPS) is 23.4. The van der Waals surface area contributed by atoms with Crippen molar-refractivity contribution >= 4 is 21.3 Å². The zero-order chi connectivity index (χ0) is 11.8. The van der Waals surface area contributed by atoms with Gasteiger partial charge in [-0.1, -0.05) is 0 Å². The van der Waals surface area contributed by atoms with Crippen LogP contribution in [0.15, 0.2) is 6.07 Å². The van der Waals surface area contributed by atoms with Crippen LogP contribution < -0.4 is 11.5 Å². The Morgan fingerprint density at radius 3 is 2.69 bits per heavy atom. The molecule has 1 aromatic heterocycles. The molecule has 1 unspecified atom stereocenters. The lowest BCUT2D eigenvalue weighted by Crippen LogP contribution is -2.10. The summed E-state index contributed by atoms with van der Waals surface area (Å²) in [6.07, 6.45) is 1.28. The summed E-state index contributed by atoms with van der Waals surface area (Å²) in [7, 11) is -2.84. The predicted octanol–water partition coefficient (Wildman–Crippen LogP) is -0.382. The first-order chi connectivity index (χ1) is 7.46. The first kappa shape index (κ1) is 11.1. The van der Waals surface area contributed by atoms with Gasteiger partial charge in [-0.3, -0.25) is 0 Å². The highest BCUT2D eigenvalue weighted by molar-refractivity contribution is 7.91. The van der Waals surface area contributed by atoms with Gasteiger partial charge in [-0.15, -0.1) is 5.10 Å². The predicted molar refractivity (Wildman–Crippen MR) is 61.3 cm³/mol. The lowest BCUT2D eigenvalue weighted by atomic mass is 10.0. The minimum Gasteiger partial charge on any atom is -0.396 e. The van der Waals surface area contributed by atoms with Crippen LogP contribution in [-0.4, -0.2) is 30.1 Å². The van der Waals surface area contributed by atoms with Gasteiger partial charge in [0.15, 0.2) is 15.7 Å². The maximum Gasteiger partial charge on any atom is 0.169 e. The molecule has 0 spiro atoms. The summed E-state index contributed by atoms with van der Waals surface area (Å²) in [4.78, 5) is 0. The molecule has 0 bridgehead atoms. The van der Waals surface area contributed by atoms with E-state index in [0.717, 1.165) is 0 Å². The number of hydrogen-bond acceptors (Lipinski definition) is 6. The Bertz CT molecular complexity index is 500. The van der Waals surface area contributed by atoms with Crippen molar-refractivity contribution < 1.29 is 8.42 Å². The van der Waals surface area contributed by atoms with Crippen LogP contribution in [0.4, 0.5) is 11.5 Å². The van der Waals surface area contributed by atoms with Crippen LogP contribution in [-0.2, 0) is 16.3 Å². The summed E-state index contributed by atoms with van der Waals surface area (Å²) in [6.45, 7) is 0. The number of aromatic nitrogens is 2. The van der Waals surface area contributed by atoms with Gasteiger partial charge in [0.1, 0.15) is 0 Å². The molecule has 1 aliphatic heterocycles. The maximum absolute atomic E-state index is 11.3. The van der Waals surface area contributed by atoms with Crippen LogP contribution in [0, 0.1) is 5.92 Å². The summed E-state index contributed by atoms with van der Waals surface area (Å²) in [5.41, 5.74) is 12.1. The van der Waals surface area contributed by atoms with Gasteiger partial charge >= 0.3 is 0 Å². The maximum atomic E-state index is 11.3. The second-order valence-electron chi connectivity index (χ2n) is 4.15. The lowest BCUT2D eigenvalue weighted by Gasteiger charge is -2.07. The zero-order valence-corrected chi connectivity index (χ0v) is 9.57. The van der Waals surface area contributed by atoms with Crippen LogP contribution in [0.5, 0.6) is 0 Å². The van der Waals surface area contributed by atoms with Gasteiger partial charge in [-0.05, 0) is 24.8 Å². The van der Waals surface area contributed by atoms with Gasteiger partial charge in [0.05, 0.1) is 22.9 Å². The first-order valence-electron chi connectivity index (χ1n) is 5.04. The van der Waals surface area contributed by atoms with E-state index < -0.39 is 9.84 Å². The molecular weight excluding hydrogens is 228 g/mol. The molecule has 4 N–H and O–H groups in total. The van der Waals surface area contributed by atoms with Gasteiger partial charge in [0.2, 0.25) is 0 Å². The molecule has 0 aliphatic carbocycles. The smallest absolute Gasteiger partial charge is 0.169 e. The molecule has 0 aromatic carbocycles. The molecule has 2 rings (SSSR count). The van der Waals surface area contributed by atoms with E-state index in [1.807, 2.05) is 0 Å². The van der Waals surface area contributed by atoms with Crippen LogP contribution in [0.2, 0.25) is 0 Å². The van der Waals surface area contributed by atoms with E-state index in [1.54, 1.807) is 6.07 Å². The Hall–Kier alpha value is -1.37. The van der Waals surface area contributed by atoms with Crippen molar-refractivity contribution in [2.75, 3.05) is 23.0 Å². The zero-order valence-electron chi connectivity index (χ0n) is 8.76. The molecule has 0 amide bonds. The summed E-state index contributed by atoms with van der Waals surface area (Å²) < 4.78 is 22.5. The lowest BCUT2D eigenvalue weighted by molar-refractivity contribution is 0.574. The van der Waals surface area contributed by atoms with E-state index in [1.165, 1.54) is 0 Å². The van der Waals surface area contributed by atoms with E-state index in [9.17, 15) is 8.42 Å². The Morgan fingerprint density at radius 1 is 1.38 bits per heavy atom. The van der Waals surface area contributed by atoms with Crippen molar-refractivity contribution in [2.24, 2.45) is 5.92 Å². The van der Waals surface area contributed by atoms with Gasteiger partial charge in [0, 0.05) is 0 Å². The molecule has 1 aliphatic rings. The number of nitrogens with two attached hydrogens (primary N) is 2. The summed E-state index contributed by atoms with van der Waals surface area (Å²) >= 11 is 0. The molecule has 0 radical (unpaired) electrons. The van der Waals surface area contributed by atoms with Crippen molar-refractivity contribution in [1.82, 2.24) is 10.2 Å². The van der Waals surface area contributed by atoms with Crippen LogP contribution in [0.1, 0.15) is 12.1 Å². The molecule has 1 fully saturated rings. The Morgan fingerprint density at radius 2 is 2.12 bits per heavy atom. The average Bonchev–Trinajstić information content (AvgIpc) is 2.52. The third-order valence-electron chi connectivity index (χ3n) is 2.73. The number of anilines is 2. The van der Waals surface area contributed by atoms with E-state index in [0.29, 0.717) is 24.2 Å². The highest BCUT2D eigenvalue weighted by Crippen LogP contribution is 2.22. The van der Waals surface area contributed by atoms with Crippen molar-refractivity contribution in [3.05, 3.63) is 11.8 Å². The summed E-state index contributed by atoms with van der Waals surface area (Å²) in [6, 6.07) is 1.66. The Labute approximate surface area is 94.0 Å². The molecule has 0 saturated carbocycles. The van der Waals surface area contributed by atoms with Crippen LogP contribution >= 0.6 is 0 Å². The minimum atomic E-state index is -2.84. The van der Waals surface area contributed by atoms with Crippen molar-refractivity contribution in [2.45, 2.75) is 12.8 Å². The molecule has 88 valence electrons. The third kappa shape index (κ3) is 2.41. The fraction of sp³-hybridized carbons (Fsp3) is 0.556. The fourth-order valence-corrected chi connectivity index (χ4v) is 3.75. The molecule has 6 nitrogen and oxygen atoms in total. The first-order valence-corrected chi connectivity index (χ1v) is 6.86. The van der Waals surface area contributed by atoms with Gasteiger partial charge < -0.3 is 11.5 Å². The van der Waals surface area contributed by atoms with E-state index >= 15 is 0 Å². The fourth-order valence-electron chi connectivity index (χ4n) is 1.89. The van der Waals surface area contributed by atoms with E-state index in [4.69, 9.17) is 11.5 Å². The molecule has 1 saturated heterocycles. The molecule has 7 heteroatoms. The van der Waals surface area contributed by atoms with Crippen LogP contribution in [0.3, 0.4) is 0 Å².